The Kier molecular flexibility index (Phi) is 4.85. The lowest BCUT2D eigenvalue weighted by Crippen LogP contribution is -2.36. The average Bonchev–Trinajstić information content (AvgIpc) is 2.59. The van der Waals surface area contributed by atoms with Crippen LogP contribution >= 0.6 is 0 Å². The van der Waals surface area contributed by atoms with Crippen LogP contribution in [0.3, 0.4) is 0 Å². The van der Waals surface area contributed by atoms with E-state index in [-0.39, 0.29) is 17.7 Å². The fourth-order valence-electron chi connectivity index (χ4n) is 2.47. The summed E-state index contributed by atoms with van der Waals surface area (Å²) < 4.78 is 15.9. The molecule has 1 amide bonds. The summed E-state index contributed by atoms with van der Waals surface area (Å²) in [4.78, 5) is 36.0. The lowest BCUT2D eigenvalue weighted by Gasteiger charge is -2.19. The minimum atomic E-state index is -0.713. The summed E-state index contributed by atoms with van der Waals surface area (Å²) in [7, 11) is 0. The molecule has 3 aromatic rings. The van der Waals surface area contributed by atoms with Crippen LogP contribution in [0.5, 0.6) is 5.75 Å². The van der Waals surface area contributed by atoms with E-state index in [1.54, 1.807) is 45.0 Å². The van der Waals surface area contributed by atoms with Crippen molar-refractivity contribution in [2.45, 2.75) is 26.4 Å². The maximum atomic E-state index is 12.5. The molecular weight excluding hydrogens is 350 g/mol. The summed E-state index contributed by atoms with van der Waals surface area (Å²) in [5.41, 5.74) is -0.0578. The lowest BCUT2D eigenvalue weighted by atomic mass is 10.1. The highest BCUT2D eigenvalue weighted by atomic mass is 16.6. The minimum absolute atomic E-state index is 0.156. The maximum absolute atomic E-state index is 12.5. The number of amides is 1. The van der Waals surface area contributed by atoms with Crippen LogP contribution in [0.4, 0.5) is 4.79 Å². The van der Waals surface area contributed by atoms with E-state index < -0.39 is 17.7 Å². The van der Waals surface area contributed by atoms with Crippen LogP contribution in [-0.4, -0.2) is 24.2 Å². The van der Waals surface area contributed by atoms with Gasteiger partial charge in [0.15, 0.2) is 0 Å². The molecule has 140 valence electrons. The molecule has 0 atom stereocenters. The van der Waals surface area contributed by atoms with Crippen molar-refractivity contribution in [3.63, 3.8) is 0 Å². The van der Waals surface area contributed by atoms with Crippen LogP contribution in [0.1, 0.15) is 20.8 Å². The number of ether oxygens (including phenoxy) is 2. The average molecular weight is 369 g/mol. The molecule has 1 aromatic heterocycles. The van der Waals surface area contributed by atoms with Gasteiger partial charge in [0, 0.05) is 6.07 Å². The van der Waals surface area contributed by atoms with Gasteiger partial charge < -0.3 is 19.2 Å². The number of para-hydroxylation sites is 1. The van der Waals surface area contributed by atoms with Crippen LogP contribution in [0, 0.1) is 0 Å². The standard InChI is InChI=1S/C20H19NO6/c1-20(2,3)27-19(24)21-11-17(22)25-12-8-9-14-16(10-12)26-15-7-5-4-6-13(15)18(14)23/h4-10H,11H2,1-3H3,(H,21,24). The van der Waals surface area contributed by atoms with Gasteiger partial charge in [-0.1, -0.05) is 12.1 Å². The fourth-order valence-corrected chi connectivity index (χ4v) is 2.47. The van der Waals surface area contributed by atoms with Crippen LogP contribution in [-0.2, 0) is 9.53 Å². The molecule has 0 saturated heterocycles. The van der Waals surface area contributed by atoms with Gasteiger partial charge in [0.25, 0.3) is 0 Å². The van der Waals surface area contributed by atoms with E-state index >= 15 is 0 Å². The highest BCUT2D eigenvalue weighted by Gasteiger charge is 2.17. The number of hydrogen-bond acceptors (Lipinski definition) is 6. The van der Waals surface area contributed by atoms with Crippen molar-refractivity contribution >= 4 is 34.0 Å². The number of carbonyl (C=O) groups is 2. The third-order valence-electron chi connectivity index (χ3n) is 3.56. The van der Waals surface area contributed by atoms with Gasteiger partial charge in [0.1, 0.15) is 29.1 Å². The van der Waals surface area contributed by atoms with Gasteiger partial charge in [-0.05, 0) is 45.0 Å². The molecule has 1 N–H and O–H groups in total. The van der Waals surface area contributed by atoms with Gasteiger partial charge >= 0.3 is 12.1 Å². The van der Waals surface area contributed by atoms with E-state index in [1.807, 2.05) is 0 Å². The molecule has 0 aliphatic rings. The Morgan fingerprint density at radius 3 is 2.48 bits per heavy atom. The number of alkyl carbamates (subject to hydrolysis) is 1. The molecule has 0 unspecified atom stereocenters. The van der Waals surface area contributed by atoms with E-state index in [0.29, 0.717) is 21.9 Å². The molecule has 0 aliphatic heterocycles. The van der Waals surface area contributed by atoms with Crippen molar-refractivity contribution < 1.29 is 23.5 Å². The highest BCUT2D eigenvalue weighted by Crippen LogP contribution is 2.22. The summed E-state index contributed by atoms with van der Waals surface area (Å²) in [5, 5.41) is 3.19. The first-order chi connectivity index (χ1) is 12.7. The van der Waals surface area contributed by atoms with Crippen molar-refractivity contribution in [3.05, 3.63) is 52.7 Å². The molecule has 0 fully saturated rings. The first-order valence-electron chi connectivity index (χ1n) is 8.36. The Labute approximate surface area is 154 Å². The predicted molar refractivity (Wildman–Crippen MR) is 99.9 cm³/mol. The largest absolute Gasteiger partial charge is 0.456 e. The Balaban J connectivity index is 1.74. The molecule has 0 radical (unpaired) electrons. The number of esters is 1. The second-order valence-corrected chi connectivity index (χ2v) is 6.91. The summed E-state index contributed by atoms with van der Waals surface area (Å²) in [6.07, 6.45) is -0.713. The van der Waals surface area contributed by atoms with Crippen molar-refractivity contribution in [1.82, 2.24) is 5.32 Å². The normalized spacial score (nSPS) is 11.4. The minimum Gasteiger partial charge on any atom is -0.456 e. The van der Waals surface area contributed by atoms with E-state index in [2.05, 4.69) is 5.32 Å². The Morgan fingerprint density at radius 2 is 1.74 bits per heavy atom. The van der Waals surface area contributed by atoms with E-state index in [1.165, 1.54) is 18.2 Å². The van der Waals surface area contributed by atoms with Crippen molar-refractivity contribution in [2.24, 2.45) is 0 Å². The van der Waals surface area contributed by atoms with E-state index in [4.69, 9.17) is 13.9 Å². The Morgan fingerprint density at radius 1 is 1.04 bits per heavy atom. The number of hydrogen-bond donors (Lipinski definition) is 1. The van der Waals surface area contributed by atoms with Crippen LogP contribution in [0.2, 0.25) is 0 Å². The molecule has 0 aliphatic carbocycles. The molecule has 7 nitrogen and oxygen atoms in total. The molecule has 0 spiro atoms. The van der Waals surface area contributed by atoms with Gasteiger partial charge in [-0.2, -0.15) is 0 Å². The fraction of sp³-hybridized carbons (Fsp3) is 0.250. The monoisotopic (exact) mass is 369 g/mol. The SMILES string of the molecule is CC(C)(C)OC(=O)NCC(=O)Oc1ccc2c(=O)c3ccccc3oc2c1. The molecular formula is C20H19NO6. The number of rotatable bonds is 3. The zero-order chi connectivity index (χ0) is 19.6. The molecule has 3 rings (SSSR count). The zero-order valence-electron chi connectivity index (χ0n) is 15.2. The third kappa shape index (κ3) is 4.44. The number of benzene rings is 2. The number of nitrogens with one attached hydrogen (secondary N) is 1. The van der Waals surface area contributed by atoms with Crippen LogP contribution in [0.15, 0.2) is 51.7 Å². The van der Waals surface area contributed by atoms with E-state index in [0.717, 1.165) is 0 Å². The van der Waals surface area contributed by atoms with Gasteiger partial charge in [-0.25, -0.2) is 9.59 Å². The van der Waals surface area contributed by atoms with Gasteiger partial charge in [-0.3, -0.25) is 4.79 Å². The highest BCUT2D eigenvalue weighted by molar-refractivity contribution is 5.90. The Hall–Kier alpha value is -3.35. The van der Waals surface area contributed by atoms with E-state index in [9.17, 15) is 14.4 Å². The van der Waals surface area contributed by atoms with Gasteiger partial charge in [0.05, 0.1) is 10.8 Å². The van der Waals surface area contributed by atoms with Crippen molar-refractivity contribution in [2.75, 3.05) is 6.54 Å². The summed E-state index contributed by atoms with van der Waals surface area (Å²) in [6, 6.07) is 11.4. The number of fused-ring (bicyclic) bond motifs is 2. The molecule has 2 aromatic carbocycles. The summed E-state index contributed by atoms with van der Waals surface area (Å²) in [5.74, 6) is -0.472. The van der Waals surface area contributed by atoms with Crippen LogP contribution in [0.25, 0.3) is 21.9 Å². The van der Waals surface area contributed by atoms with Crippen molar-refractivity contribution in [1.29, 1.82) is 0 Å². The maximum Gasteiger partial charge on any atom is 0.408 e. The first-order valence-corrected chi connectivity index (χ1v) is 8.36. The second kappa shape index (κ2) is 7.11. The van der Waals surface area contributed by atoms with Crippen molar-refractivity contribution in [3.8, 4) is 5.75 Å². The third-order valence-corrected chi connectivity index (χ3v) is 3.56. The first kappa shape index (κ1) is 18.4. The smallest absolute Gasteiger partial charge is 0.408 e. The summed E-state index contributed by atoms with van der Waals surface area (Å²) in [6.45, 7) is 4.81. The summed E-state index contributed by atoms with van der Waals surface area (Å²) >= 11 is 0. The lowest BCUT2D eigenvalue weighted by molar-refractivity contribution is -0.133. The van der Waals surface area contributed by atoms with Gasteiger partial charge in [-0.15, -0.1) is 0 Å². The topological polar surface area (TPSA) is 94.8 Å². The second-order valence-electron chi connectivity index (χ2n) is 6.91. The molecule has 27 heavy (non-hydrogen) atoms. The molecule has 1 heterocycles. The Bertz CT molecular complexity index is 1080. The zero-order valence-corrected chi connectivity index (χ0v) is 15.2. The van der Waals surface area contributed by atoms with Crippen LogP contribution < -0.4 is 15.5 Å². The molecule has 7 heteroatoms. The molecule has 0 bridgehead atoms. The molecule has 0 saturated carbocycles. The predicted octanol–water partition coefficient (Wildman–Crippen LogP) is 3.38. The number of carbonyl (C=O) groups excluding carboxylic acids is 2. The van der Waals surface area contributed by atoms with Gasteiger partial charge in [0.2, 0.25) is 5.43 Å². The quantitative estimate of drug-likeness (QED) is 0.432.